The maximum atomic E-state index is 11.4. The van der Waals surface area contributed by atoms with Crippen LogP contribution in [0, 0.1) is 5.92 Å². The maximum absolute atomic E-state index is 11.4. The third-order valence-corrected chi connectivity index (χ3v) is 5.60. The molecule has 1 N–H and O–H groups in total. The smallest absolute Gasteiger partial charge is 0.0329 e. The van der Waals surface area contributed by atoms with E-state index >= 15 is 0 Å². The summed E-state index contributed by atoms with van der Waals surface area (Å²) in [6.07, 6.45) is 4.06. The van der Waals surface area contributed by atoms with Crippen molar-refractivity contribution < 1.29 is 4.21 Å². The lowest BCUT2D eigenvalue weighted by atomic mass is 9.98. The van der Waals surface area contributed by atoms with Crippen LogP contribution in [0.5, 0.6) is 0 Å². The van der Waals surface area contributed by atoms with Gasteiger partial charge in [0.25, 0.3) is 0 Å². The molecule has 1 aliphatic rings. The van der Waals surface area contributed by atoms with Crippen LogP contribution in [0.25, 0.3) is 0 Å². The number of nitrogens with one attached hydrogen (secondary N) is 1. The molecule has 4 heteroatoms. The van der Waals surface area contributed by atoms with E-state index in [1.165, 1.54) is 6.42 Å². The monoisotopic (exact) mass is 274 g/mol. The fourth-order valence-electron chi connectivity index (χ4n) is 2.52. The Bertz CT molecular complexity index is 271. The Balaban J connectivity index is 2.50. The van der Waals surface area contributed by atoms with E-state index in [1.807, 2.05) is 6.26 Å². The molecule has 1 saturated heterocycles. The Labute approximate surface area is 115 Å². The van der Waals surface area contributed by atoms with Crippen molar-refractivity contribution >= 4 is 10.8 Å². The van der Waals surface area contributed by atoms with Crippen LogP contribution in [0.3, 0.4) is 0 Å². The highest BCUT2D eigenvalue weighted by atomic mass is 32.2. The molecule has 1 aliphatic heterocycles. The van der Waals surface area contributed by atoms with Crippen molar-refractivity contribution in [3.05, 3.63) is 0 Å². The van der Waals surface area contributed by atoms with Gasteiger partial charge >= 0.3 is 0 Å². The molecule has 18 heavy (non-hydrogen) atoms. The SMILES string of the molecule is CCC1CNC(C(C)C)CN1CCC(C)S(C)=O. The van der Waals surface area contributed by atoms with E-state index in [0.29, 0.717) is 23.3 Å². The second-order valence-electron chi connectivity index (χ2n) is 5.91. The van der Waals surface area contributed by atoms with Gasteiger partial charge < -0.3 is 5.32 Å². The molecule has 1 heterocycles. The predicted molar refractivity (Wildman–Crippen MR) is 80.4 cm³/mol. The molecule has 3 nitrogen and oxygen atoms in total. The Kier molecular flexibility index (Phi) is 6.82. The summed E-state index contributed by atoms with van der Waals surface area (Å²) in [6, 6.07) is 1.26. The molecule has 0 aromatic heterocycles. The van der Waals surface area contributed by atoms with Crippen molar-refractivity contribution in [2.75, 3.05) is 25.9 Å². The minimum Gasteiger partial charge on any atom is -0.311 e. The third kappa shape index (κ3) is 4.63. The van der Waals surface area contributed by atoms with Crippen molar-refractivity contribution in [2.24, 2.45) is 5.92 Å². The number of hydrogen-bond donors (Lipinski definition) is 1. The number of nitrogens with zero attached hydrogens (tertiary/aromatic N) is 1. The van der Waals surface area contributed by atoms with Gasteiger partial charge in [0.05, 0.1) is 0 Å². The van der Waals surface area contributed by atoms with Crippen LogP contribution in [0.1, 0.15) is 40.5 Å². The van der Waals surface area contributed by atoms with Crippen molar-refractivity contribution in [3.8, 4) is 0 Å². The summed E-state index contributed by atoms with van der Waals surface area (Å²) in [7, 11) is -0.688. The van der Waals surface area contributed by atoms with E-state index in [2.05, 4.69) is 37.9 Å². The van der Waals surface area contributed by atoms with Crippen molar-refractivity contribution in [2.45, 2.75) is 57.9 Å². The molecule has 4 unspecified atom stereocenters. The molecule has 0 spiro atoms. The topological polar surface area (TPSA) is 32.3 Å². The summed E-state index contributed by atoms with van der Waals surface area (Å²) in [5, 5.41) is 3.97. The summed E-state index contributed by atoms with van der Waals surface area (Å²) in [5.74, 6) is 0.683. The van der Waals surface area contributed by atoms with Gasteiger partial charge in [-0.2, -0.15) is 0 Å². The van der Waals surface area contributed by atoms with Gasteiger partial charge in [-0.1, -0.05) is 27.7 Å². The summed E-state index contributed by atoms with van der Waals surface area (Å²) in [4.78, 5) is 2.60. The molecule has 108 valence electrons. The lowest BCUT2D eigenvalue weighted by Crippen LogP contribution is -2.58. The minimum atomic E-state index is -0.688. The molecule has 4 atom stereocenters. The number of piperazine rings is 1. The van der Waals surface area contributed by atoms with E-state index in [1.54, 1.807) is 0 Å². The Morgan fingerprint density at radius 3 is 2.56 bits per heavy atom. The van der Waals surface area contributed by atoms with Crippen LogP contribution >= 0.6 is 0 Å². The van der Waals surface area contributed by atoms with Crippen molar-refractivity contribution in [1.82, 2.24) is 10.2 Å². The maximum Gasteiger partial charge on any atom is 0.0329 e. The molecule has 0 radical (unpaired) electrons. The van der Waals surface area contributed by atoms with Gasteiger partial charge in [0.2, 0.25) is 0 Å². The molecule has 0 bridgehead atoms. The first-order chi connectivity index (χ1) is 8.45. The normalized spacial score (nSPS) is 29.4. The largest absolute Gasteiger partial charge is 0.311 e. The summed E-state index contributed by atoms with van der Waals surface area (Å²) >= 11 is 0. The van der Waals surface area contributed by atoms with Gasteiger partial charge in [-0.3, -0.25) is 9.11 Å². The fourth-order valence-corrected chi connectivity index (χ4v) is 2.96. The zero-order valence-electron chi connectivity index (χ0n) is 12.6. The van der Waals surface area contributed by atoms with Crippen LogP contribution in [-0.2, 0) is 10.8 Å². The van der Waals surface area contributed by atoms with Gasteiger partial charge in [0.1, 0.15) is 0 Å². The minimum absolute atomic E-state index is 0.315. The second-order valence-corrected chi connectivity index (χ2v) is 7.72. The molecule has 0 saturated carbocycles. The standard InChI is InChI=1S/C14H30N2OS/c1-6-13-9-15-14(11(2)3)10-16(13)8-7-12(4)18(5)17/h11-15H,6-10H2,1-5H3. The average molecular weight is 274 g/mol. The molecule has 0 aliphatic carbocycles. The van der Waals surface area contributed by atoms with Gasteiger partial charge in [0.15, 0.2) is 0 Å². The van der Waals surface area contributed by atoms with E-state index in [-0.39, 0.29) is 0 Å². The van der Waals surface area contributed by atoms with E-state index in [9.17, 15) is 4.21 Å². The second kappa shape index (κ2) is 7.61. The highest BCUT2D eigenvalue weighted by molar-refractivity contribution is 7.84. The summed E-state index contributed by atoms with van der Waals surface area (Å²) in [6.45, 7) is 12.2. The zero-order valence-corrected chi connectivity index (χ0v) is 13.4. The lowest BCUT2D eigenvalue weighted by molar-refractivity contribution is 0.109. The quantitative estimate of drug-likeness (QED) is 0.802. The van der Waals surface area contributed by atoms with Crippen LogP contribution in [-0.4, -0.2) is 52.3 Å². The van der Waals surface area contributed by atoms with E-state index in [4.69, 9.17) is 0 Å². The van der Waals surface area contributed by atoms with Gasteiger partial charge in [-0.25, -0.2) is 0 Å². The molecule has 0 aromatic carbocycles. The Morgan fingerprint density at radius 2 is 2.06 bits per heavy atom. The van der Waals surface area contributed by atoms with Crippen LogP contribution in [0.2, 0.25) is 0 Å². The molecule has 1 fully saturated rings. The van der Waals surface area contributed by atoms with E-state index < -0.39 is 10.8 Å². The van der Waals surface area contributed by atoms with Gasteiger partial charge in [-0.15, -0.1) is 0 Å². The van der Waals surface area contributed by atoms with Crippen LogP contribution in [0.4, 0.5) is 0 Å². The Hall–Kier alpha value is 0.0700. The average Bonchev–Trinajstić information content (AvgIpc) is 2.35. The first-order valence-corrected chi connectivity index (χ1v) is 8.87. The van der Waals surface area contributed by atoms with Gasteiger partial charge in [0, 0.05) is 47.5 Å². The lowest BCUT2D eigenvalue weighted by Gasteiger charge is -2.42. The highest BCUT2D eigenvalue weighted by Crippen LogP contribution is 2.16. The van der Waals surface area contributed by atoms with E-state index in [0.717, 1.165) is 26.1 Å². The molecule has 1 rings (SSSR count). The first-order valence-electron chi connectivity index (χ1n) is 7.25. The summed E-state index contributed by atoms with van der Waals surface area (Å²) in [5.41, 5.74) is 0. The summed E-state index contributed by atoms with van der Waals surface area (Å²) < 4.78 is 11.4. The van der Waals surface area contributed by atoms with Crippen LogP contribution < -0.4 is 5.32 Å². The van der Waals surface area contributed by atoms with Crippen molar-refractivity contribution in [1.29, 1.82) is 0 Å². The zero-order chi connectivity index (χ0) is 13.7. The van der Waals surface area contributed by atoms with Gasteiger partial charge in [-0.05, 0) is 25.3 Å². The number of rotatable bonds is 6. The molecular weight excluding hydrogens is 244 g/mol. The molecular formula is C14H30N2OS. The first kappa shape index (κ1) is 16.1. The predicted octanol–water partition coefficient (Wildman–Crippen LogP) is 1.85. The highest BCUT2D eigenvalue weighted by Gasteiger charge is 2.28. The molecule has 0 aromatic rings. The number of hydrogen-bond acceptors (Lipinski definition) is 3. The third-order valence-electron chi connectivity index (χ3n) is 4.23. The van der Waals surface area contributed by atoms with Crippen molar-refractivity contribution in [3.63, 3.8) is 0 Å². The Morgan fingerprint density at radius 1 is 1.39 bits per heavy atom. The van der Waals surface area contributed by atoms with Crippen LogP contribution in [0.15, 0.2) is 0 Å². The molecule has 0 amide bonds. The fraction of sp³-hybridized carbons (Fsp3) is 1.00.